The van der Waals surface area contributed by atoms with Crippen LogP contribution in [0.2, 0.25) is 0 Å². The molecule has 0 aliphatic heterocycles. The van der Waals surface area contributed by atoms with Crippen molar-refractivity contribution in [1.29, 1.82) is 0 Å². The Balaban J connectivity index is 1.77. The Bertz CT molecular complexity index is 584. The van der Waals surface area contributed by atoms with Gasteiger partial charge in [0.2, 0.25) is 0 Å². The van der Waals surface area contributed by atoms with E-state index in [1.165, 1.54) is 31.4 Å². The quantitative estimate of drug-likeness (QED) is 0.373. The highest BCUT2D eigenvalue weighted by Gasteiger charge is 2.07. The van der Waals surface area contributed by atoms with Gasteiger partial charge < -0.3 is 9.84 Å². The van der Waals surface area contributed by atoms with Gasteiger partial charge in [-0.25, -0.2) is 4.39 Å². The maximum atomic E-state index is 12.9. The molecule has 1 unspecified atom stereocenters. The van der Waals surface area contributed by atoms with Gasteiger partial charge in [0, 0.05) is 5.33 Å². The first-order chi connectivity index (χ1) is 11.7. The third kappa shape index (κ3) is 6.62. The van der Waals surface area contributed by atoms with Gasteiger partial charge in [-0.15, -0.1) is 0 Å². The van der Waals surface area contributed by atoms with Crippen LogP contribution in [0.5, 0.6) is 11.5 Å². The summed E-state index contributed by atoms with van der Waals surface area (Å²) in [4.78, 5) is 0. The van der Waals surface area contributed by atoms with Gasteiger partial charge in [-0.1, -0.05) is 53.7 Å². The Morgan fingerprint density at radius 1 is 0.833 bits per heavy atom. The number of ether oxygens (including phenoxy) is 1. The number of aliphatic hydroxyl groups excluding tert-OH is 1. The Hall–Kier alpha value is -1.39. The zero-order valence-electron chi connectivity index (χ0n) is 13.8. The summed E-state index contributed by atoms with van der Waals surface area (Å²) in [5, 5.41) is 11.3. The number of hydrogen-bond donors (Lipinski definition) is 1. The summed E-state index contributed by atoms with van der Waals surface area (Å²) in [5.41, 5.74) is 0.905. The minimum atomic E-state index is -0.430. The lowest BCUT2D eigenvalue weighted by molar-refractivity contribution is 0.163. The second-order valence-corrected chi connectivity index (χ2v) is 6.68. The predicted molar refractivity (Wildman–Crippen MR) is 99.4 cm³/mol. The van der Waals surface area contributed by atoms with E-state index < -0.39 is 6.10 Å². The lowest BCUT2D eigenvalue weighted by atomic mass is 10.0. The van der Waals surface area contributed by atoms with Crippen LogP contribution >= 0.6 is 15.9 Å². The van der Waals surface area contributed by atoms with E-state index in [1.807, 2.05) is 24.3 Å². The molecule has 1 N–H and O–H groups in total. The highest BCUT2D eigenvalue weighted by Crippen LogP contribution is 2.25. The fourth-order valence-electron chi connectivity index (χ4n) is 2.53. The fourth-order valence-corrected chi connectivity index (χ4v) is 2.92. The van der Waals surface area contributed by atoms with Crippen LogP contribution in [0.1, 0.15) is 50.2 Å². The van der Waals surface area contributed by atoms with Crippen molar-refractivity contribution in [3.8, 4) is 11.5 Å². The first-order valence-electron chi connectivity index (χ1n) is 8.46. The molecule has 0 saturated carbocycles. The molecule has 0 bridgehead atoms. The van der Waals surface area contributed by atoms with Crippen molar-refractivity contribution in [2.45, 2.75) is 44.6 Å². The number of unbranched alkanes of at least 4 members (excludes halogenated alkanes) is 4. The van der Waals surface area contributed by atoms with Gasteiger partial charge >= 0.3 is 0 Å². The van der Waals surface area contributed by atoms with Crippen molar-refractivity contribution in [3.63, 3.8) is 0 Å². The molecule has 130 valence electrons. The summed E-state index contributed by atoms with van der Waals surface area (Å²) in [6.45, 7) is 0. The van der Waals surface area contributed by atoms with Crippen molar-refractivity contribution in [1.82, 2.24) is 0 Å². The molecule has 0 heterocycles. The average Bonchev–Trinajstić information content (AvgIpc) is 2.60. The largest absolute Gasteiger partial charge is 0.457 e. The molecule has 0 fully saturated rings. The number of rotatable bonds is 10. The molecule has 0 radical (unpaired) electrons. The zero-order valence-corrected chi connectivity index (χ0v) is 15.3. The molecular formula is C20H24BrFO2. The summed E-state index contributed by atoms with van der Waals surface area (Å²) in [7, 11) is 0. The lowest BCUT2D eigenvalue weighted by Gasteiger charge is -2.12. The van der Waals surface area contributed by atoms with Gasteiger partial charge in [0.05, 0.1) is 6.10 Å². The Morgan fingerprint density at radius 2 is 1.38 bits per heavy atom. The molecule has 2 aromatic carbocycles. The summed E-state index contributed by atoms with van der Waals surface area (Å²) in [6.07, 6.45) is 6.25. The monoisotopic (exact) mass is 394 g/mol. The normalized spacial score (nSPS) is 12.1. The fraction of sp³-hybridized carbons (Fsp3) is 0.400. The van der Waals surface area contributed by atoms with Crippen LogP contribution in [0.4, 0.5) is 4.39 Å². The minimum absolute atomic E-state index is 0.284. The van der Waals surface area contributed by atoms with Crippen LogP contribution < -0.4 is 4.74 Å². The van der Waals surface area contributed by atoms with E-state index in [0.717, 1.165) is 30.2 Å². The third-order valence-corrected chi connectivity index (χ3v) is 4.49. The van der Waals surface area contributed by atoms with Crippen molar-refractivity contribution in [2.75, 3.05) is 5.33 Å². The summed E-state index contributed by atoms with van der Waals surface area (Å²) >= 11 is 3.44. The van der Waals surface area contributed by atoms with Crippen LogP contribution in [-0.2, 0) is 0 Å². The standard InChI is InChI=1S/C20H24BrFO2/c21-15-5-3-1-2-4-6-20(23)16-7-11-18(12-8-16)24-19-13-9-17(22)10-14-19/h7-14,20,23H,1-6,15H2. The number of hydrogen-bond acceptors (Lipinski definition) is 2. The molecule has 0 saturated heterocycles. The van der Waals surface area contributed by atoms with Gasteiger partial charge in [0.25, 0.3) is 0 Å². The molecule has 0 spiro atoms. The molecule has 2 rings (SSSR count). The second-order valence-electron chi connectivity index (χ2n) is 5.89. The third-order valence-electron chi connectivity index (χ3n) is 3.93. The zero-order chi connectivity index (χ0) is 17.2. The van der Waals surface area contributed by atoms with Gasteiger partial charge in [-0.3, -0.25) is 0 Å². The molecule has 1 atom stereocenters. The van der Waals surface area contributed by atoms with E-state index in [4.69, 9.17) is 4.74 Å². The Kier molecular flexibility index (Phi) is 8.26. The van der Waals surface area contributed by atoms with Crippen LogP contribution in [0.3, 0.4) is 0 Å². The summed E-state index contributed by atoms with van der Waals surface area (Å²) < 4.78 is 18.5. The summed E-state index contributed by atoms with van der Waals surface area (Å²) in [6, 6.07) is 13.3. The minimum Gasteiger partial charge on any atom is -0.457 e. The number of alkyl halides is 1. The highest BCUT2D eigenvalue weighted by molar-refractivity contribution is 9.09. The van der Waals surface area contributed by atoms with Crippen molar-refractivity contribution < 1.29 is 14.2 Å². The topological polar surface area (TPSA) is 29.5 Å². The van der Waals surface area contributed by atoms with E-state index in [1.54, 1.807) is 12.1 Å². The molecule has 2 aromatic rings. The van der Waals surface area contributed by atoms with Crippen LogP contribution in [-0.4, -0.2) is 10.4 Å². The van der Waals surface area contributed by atoms with E-state index in [2.05, 4.69) is 15.9 Å². The van der Waals surface area contributed by atoms with Gasteiger partial charge in [-0.05, 0) is 54.8 Å². The molecule has 0 amide bonds. The van der Waals surface area contributed by atoms with Crippen LogP contribution in [0.15, 0.2) is 48.5 Å². The maximum absolute atomic E-state index is 12.9. The Labute approximate surface area is 151 Å². The van der Waals surface area contributed by atoms with Crippen LogP contribution in [0, 0.1) is 5.82 Å². The van der Waals surface area contributed by atoms with Gasteiger partial charge in [0.15, 0.2) is 0 Å². The van der Waals surface area contributed by atoms with Crippen molar-refractivity contribution in [3.05, 3.63) is 59.9 Å². The molecule has 24 heavy (non-hydrogen) atoms. The molecule has 0 aliphatic rings. The first kappa shape index (κ1) is 18.9. The smallest absolute Gasteiger partial charge is 0.127 e. The SMILES string of the molecule is OC(CCCCCCCBr)c1ccc(Oc2ccc(F)cc2)cc1. The predicted octanol–water partition coefficient (Wildman–Crippen LogP) is 6.39. The Morgan fingerprint density at radius 3 is 2.00 bits per heavy atom. The number of halogens is 2. The maximum Gasteiger partial charge on any atom is 0.127 e. The number of benzene rings is 2. The first-order valence-corrected chi connectivity index (χ1v) is 9.58. The summed E-state index contributed by atoms with van der Waals surface area (Å²) in [5.74, 6) is 0.980. The van der Waals surface area contributed by atoms with E-state index in [-0.39, 0.29) is 5.82 Å². The van der Waals surface area contributed by atoms with Crippen molar-refractivity contribution >= 4 is 15.9 Å². The number of aliphatic hydroxyl groups is 1. The molecule has 2 nitrogen and oxygen atoms in total. The average molecular weight is 395 g/mol. The van der Waals surface area contributed by atoms with Gasteiger partial charge in [-0.2, -0.15) is 0 Å². The molecule has 4 heteroatoms. The van der Waals surface area contributed by atoms with E-state index >= 15 is 0 Å². The van der Waals surface area contributed by atoms with Crippen LogP contribution in [0.25, 0.3) is 0 Å². The molecule has 0 aliphatic carbocycles. The molecular weight excluding hydrogens is 371 g/mol. The van der Waals surface area contributed by atoms with E-state index in [0.29, 0.717) is 11.5 Å². The lowest BCUT2D eigenvalue weighted by Crippen LogP contribution is -1.97. The highest BCUT2D eigenvalue weighted by atomic mass is 79.9. The second kappa shape index (κ2) is 10.5. The van der Waals surface area contributed by atoms with Crippen molar-refractivity contribution in [2.24, 2.45) is 0 Å². The van der Waals surface area contributed by atoms with Gasteiger partial charge in [0.1, 0.15) is 17.3 Å². The molecule has 0 aromatic heterocycles. The van der Waals surface area contributed by atoms with E-state index in [9.17, 15) is 9.50 Å².